The van der Waals surface area contributed by atoms with E-state index >= 15 is 0 Å². The lowest BCUT2D eigenvalue weighted by Crippen LogP contribution is -1.90. The Labute approximate surface area is 114 Å². The zero-order valence-corrected chi connectivity index (χ0v) is 10.9. The van der Waals surface area contributed by atoms with Gasteiger partial charge in [0.05, 0.1) is 0 Å². The number of hydrogen-bond donors (Lipinski definition) is 2. The van der Waals surface area contributed by atoms with Crippen LogP contribution < -0.4 is 5.32 Å². The predicted octanol–water partition coefficient (Wildman–Crippen LogP) is 3.04. The van der Waals surface area contributed by atoms with E-state index in [9.17, 15) is 0 Å². The van der Waals surface area contributed by atoms with Gasteiger partial charge in [-0.1, -0.05) is 28.3 Å². The lowest BCUT2D eigenvalue weighted by molar-refractivity contribution is 0.283. The van der Waals surface area contributed by atoms with Crippen LogP contribution in [0.15, 0.2) is 22.6 Å². The zero-order chi connectivity index (χ0) is 13.0. The molecule has 0 saturated heterocycles. The van der Waals surface area contributed by atoms with Gasteiger partial charge in [-0.3, -0.25) is 0 Å². The van der Waals surface area contributed by atoms with Crippen LogP contribution in [-0.2, 0) is 6.42 Å². The number of benzene rings is 1. The molecule has 0 radical (unpaired) electrons. The molecule has 1 heterocycles. The summed E-state index contributed by atoms with van der Waals surface area (Å²) in [6, 6.07) is 5.30. The van der Waals surface area contributed by atoms with Crippen molar-refractivity contribution in [3.63, 3.8) is 0 Å². The highest BCUT2D eigenvalue weighted by Gasteiger charge is 2.06. The van der Waals surface area contributed by atoms with Crippen LogP contribution in [0, 0.1) is 0 Å². The first-order valence-corrected chi connectivity index (χ1v) is 6.09. The molecule has 1 aromatic heterocycles. The molecule has 0 fully saturated rings. The number of aliphatic hydroxyl groups is 1. The van der Waals surface area contributed by atoms with Gasteiger partial charge in [-0.05, 0) is 24.6 Å². The lowest BCUT2D eigenvalue weighted by Gasteiger charge is -2.02. The topological polar surface area (TPSA) is 71.2 Å². The van der Waals surface area contributed by atoms with Crippen LogP contribution in [0.5, 0.6) is 0 Å². The molecule has 0 amide bonds. The van der Waals surface area contributed by atoms with E-state index in [4.69, 9.17) is 32.7 Å². The molecular weight excluding hydrogens is 277 g/mol. The van der Waals surface area contributed by atoms with Gasteiger partial charge in [-0.2, -0.15) is 0 Å². The Bertz CT molecular complexity index is 511. The van der Waals surface area contributed by atoms with Gasteiger partial charge in [0.1, 0.15) is 0 Å². The molecule has 18 heavy (non-hydrogen) atoms. The van der Waals surface area contributed by atoms with E-state index in [1.807, 2.05) is 0 Å². The van der Waals surface area contributed by atoms with E-state index in [1.54, 1.807) is 18.2 Å². The van der Waals surface area contributed by atoms with Crippen LogP contribution >= 0.6 is 23.2 Å². The number of halogens is 2. The molecule has 7 heteroatoms. The molecule has 0 aliphatic rings. The molecule has 0 bridgehead atoms. The summed E-state index contributed by atoms with van der Waals surface area (Å²) in [5.41, 5.74) is 0.671. The van der Waals surface area contributed by atoms with Gasteiger partial charge in [0.2, 0.25) is 5.89 Å². The summed E-state index contributed by atoms with van der Waals surface area (Å²) in [6.07, 6.45) is 1.13. The van der Waals surface area contributed by atoms with E-state index < -0.39 is 0 Å². The van der Waals surface area contributed by atoms with Crippen LogP contribution in [-0.4, -0.2) is 21.9 Å². The molecule has 0 spiro atoms. The van der Waals surface area contributed by atoms with Gasteiger partial charge in [-0.15, -0.1) is 5.10 Å². The maximum Gasteiger partial charge on any atom is 0.320 e. The number of rotatable bonds is 5. The third-order valence-corrected chi connectivity index (χ3v) is 2.57. The standard InChI is InChI=1S/C11H11Cl2N3O2/c12-7-4-8(13)6-9(5-7)14-11-16-15-10(18-11)2-1-3-17/h4-6,17H,1-3H2,(H,14,16). The van der Waals surface area contributed by atoms with Crippen molar-refractivity contribution in [2.45, 2.75) is 12.8 Å². The highest BCUT2D eigenvalue weighted by Crippen LogP contribution is 2.24. The Kier molecular flexibility index (Phi) is 4.41. The molecule has 2 aromatic rings. The Morgan fingerprint density at radius 1 is 1.17 bits per heavy atom. The first-order valence-electron chi connectivity index (χ1n) is 5.34. The largest absolute Gasteiger partial charge is 0.408 e. The summed E-state index contributed by atoms with van der Waals surface area (Å²) in [5, 5.41) is 20.3. The normalized spacial score (nSPS) is 10.6. The van der Waals surface area contributed by atoms with Crippen molar-refractivity contribution in [3.8, 4) is 0 Å². The van der Waals surface area contributed by atoms with E-state index in [1.165, 1.54) is 0 Å². The van der Waals surface area contributed by atoms with E-state index in [-0.39, 0.29) is 12.6 Å². The van der Waals surface area contributed by atoms with Crippen molar-refractivity contribution >= 4 is 34.9 Å². The van der Waals surface area contributed by atoms with Crippen LogP contribution in [0.2, 0.25) is 10.0 Å². The second kappa shape index (κ2) is 6.04. The van der Waals surface area contributed by atoms with Gasteiger partial charge < -0.3 is 14.8 Å². The van der Waals surface area contributed by atoms with Crippen LogP contribution in [0.25, 0.3) is 0 Å². The molecule has 1 aromatic carbocycles. The number of aliphatic hydroxyl groups excluding tert-OH is 1. The summed E-state index contributed by atoms with van der Waals surface area (Å²) in [7, 11) is 0. The Morgan fingerprint density at radius 2 is 1.89 bits per heavy atom. The second-order valence-corrected chi connectivity index (χ2v) is 4.48. The third kappa shape index (κ3) is 3.60. The van der Waals surface area contributed by atoms with Gasteiger partial charge in [-0.25, -0.2) is 0 Å². The van der Waals surface area contributed by atoms with E-state index in [0.717, 1.165) is 0 Å². The van der Waals surface area contributed by atoms with Crippen molar-refractivity contribution in [1.82, 2.24) is 10.2 Å². The van der Waals surface area contributed by atoms with Gasteiger partial charge in [0.25, 0.3) is 0 Å². The minimum Gasteiger partial charge on any atom is -0.408 e. The van der Waals surface area contributed by atoms with Crippen molar-refractivity contribution in [2.24, 2.45) is 0 Å². The smallest absolute Gasteiger partial charge is 0.320 e. The molecule has 0 aliphatic heterocycles. The minimum atomic E-state index is 0.0923. The predicted molar refractivity (Wildman–Crippen MR) is 69.4 cm³/mol. The van der Waals surface area contributed by atoms with Crippen molar-refractivity contribution in [1.29, 1.82) is 0 Å². The zero-order valence-electron chi connectivity index (χ0n) is 9.36. The number of nitrogens with one attached hydrogen (secondary N) is 1. The molecule has 0 unspecified atom stereocenters. The molecule has 0 saturated carbocycles. The molecule has 2 rings (SSSR count). The fourth-order valence-electron chi connectivity index (χ4n) is 1.38. The van der Waals surface area contributed by atoms with E-state index in [2.05, 4.69) is 15.5 Å². The molecule has 5 nitrogen and oxygen atoms in total. The van der Waals surface area contributed by atoms with Gasteiger partial charge >= 0.3 is 6.01 Å². The molecule has 96 valence electrons. The number of nitrogens with zero attached hydrogens (tertiary/aromatic N) is 2. The summed E-state index contributed by atoms with van der Waals surface area (Å²) >= 11 is 11.7. The fourth-order valence-corrected chi connectivity index (χ4v) is 1.91. The highest BCUT2D eigenvalue weighted by molar-refractivity contribution is 6.35. The van der Waals surface area contributed by atoms with E-state index in [0.29, 0.717) is 34.5 Å². The Morgan fingerprint density at radius 3 is 2.56 bits per heavy atom. The van der Waals surface area contributed by atoms with Crippen molar-refractivity contribution < 1.29 is 9.52 Å². The summed E-state index contributed by atoms with van der Waals surface area (Å²) in [5.74, 6) is 0.472. The average Bonchev–Trinajstić information content (AvgIpc) is 2.72. The second-order valence-electron chi connectivity index (χ2n) is 3.61. The number of hydrogen-bond acceptors (Lipinski definition) is 5. The van der Waals surface area contributed by atoms with Crippen molar-refractivity contribution in [2.75, 3.05) is 11.9 Å². The lowest BCUT2D eigenvalue weighted by atomic mass is 10.3. The Balaban J connectivity index is 2.06. The van der Waals surface area contributed by atoms with Crippen LogP contribution in [0.1, 0.15) is 12.3 Å². The first-order chi connectivity index (χ1) is 8.67. The maximum absolute atomic E-state index is 8.70. The van der Waals surface area contributed by atoms with Crippen LogP contribution in [0.4, 0.5) is 11.7 Å². The van der Waals surface area contributed by atoms with Crippen molar-refractivity contribution in [3.05, 3.63) is 34.1 Å². The molecule has 0 atom stereocenters. The summed E-state index contributed by atoms with van der Waals surface area (Å²) in [6.45, 7) is 0.0923. The van der Waals surface area contributed by atoms with Gasteiger partial charge in [0.15, 0.2) is 0 Å². The number of anilines is 2. The SMILES string of the molecule is OCCCc1nnc(Nc2cc(Cl)cc(Cl)c2)o1. The van der Waals surface area contributed by atoms with Gasteiger partial charge in [0, 0.05) is 28.8 Å². The first kappa shape index (κ1) is 13.1. The Hall–Kier alpha value is -1.30. The maximum atomic E-state index is 8.70. The fraction of sp³-hybridized carbons (Fsp3) is 0.273. The number of aryl methyl sites for hydroxylation is 1. The van der Waals surface area contributed by atoms with Crippen LogP contribution in [0.3, 0.4) is 0 Å². The summed E-state index contributed by atoms with van der Waals surface area (Å²) in [4.78, 5) is 0. The molecular formula is C11H11Cl2N3O2. The molecule has 0 aliphatic carbocycles. The minimum absolute atomic E-state index is 0.0923. The average molecular weight is 288 g/mol. The number of aromatic nitrogens is 2. The molecule has 2 N–H and O–H groups in total. The quantitative estimate of drug-likeness (QED) is 0.884. The highest BCUT2D eigenvalue weighted by atomic mass is 35.5. The third-order valence-electron chi connectivity index (χ3n) is 2.13. The monoisotopic (exact) mass is 287 g/mol. The summed E-state index contributed by atoms with van der Waals surface area (Å²) < 4.78 is 5.34.